The Morgan fingerprint density at radius 2 is 0.682 bits per heavy atom. The zero-order chi connectivity index (χ0) is 46.0. The standard InChI is InChI=1S/C61H72O3P2/c1-9-11-13-15-17-19-21-23-45-37-47-59(57(39-45)65-53-33-41(3)25-29-49(53)62-50-30-26-42(4)34-54(50)65)64-60-48(61(47,7)8)38-46(24-22-20-18-16-14-12-10-2)40-58(60)66-55-35-43(5)27-31-51(55)63-52-32-28-44(6)36-56(52)66/h25-40H,9-24H2,1-8H3. The SMILES string of the molecule is CCCCCCCCCc1cc(P2c3cc(C)ccc3Oc3ccc(C)cc32)c2c(c1)C(C)(C)c1cc(CCCCCCCCC)cc(P3c4cc(C)ccc4Oc4ccc(C)cc43)c1O2. The first-order valence-corrected chi connectivity index (χ1v) is 28.1. The fourth-order valence-corrected chi connectivity index (χ4v) is 16.1. The van der Waals surface area contributed by atoms with Gasteiger partial charge in [0.05, 0.1) is 0 Å². The summed E-state index contributed by atoms with van der Waals surface area (Å²) >= 11 is 0. The maximum atomic E-state index is 7.88. The maximum absolute atomic E-state index is 7.88. The molecule has 0 unspecified atom stereocenters. The lowest BCUT2D eigenvalue weighted by Gasteiger charge is -2.40. The van der Waals surface area contributed by atoms with Gasteiger partial charge in [0.25, 0.3) is 0 Å². The molecule has 0 saturated heterocycles. The summed E-state index contributed by atoms with van der Waals surface area (Å²) in [4.78, 5) is 0. The Kier molecular flexibility index (Phi) is 14.5. The lowest BCUT2D eigenvalue weighted by atomic mass is 9.74. The maximum Gasteiger partial charge on any atom is 0.139 e. The second-order valence-electron chi connectivity index (χ2n) is 20.2. The molecule has 0 N–H and O–H groups in total. The van der Waals surface area contributed by atoms with E-state index in [1.807, 2.05) is 0 Å². The van der Waals surface area contributed by atoms with Crippen LogP contribution in [0.2, 0.25) is 0 Å². The Labute approximate surface area is 399 Å². The second kappa shape index (κ2) is 20.4. The van der Waals surface area contributed by atoms with Crippen LogP contribution in [0.4, 0.5) is 0 Å². The Morgan fingerprint density at radius 1 is 0.364 bits per heavy atom. The van der Waals surface area contributed by atoms with Crippen molar-refractivity contribution in [2.75, 3.05) is 0 Å². The minimum atomic E-state index is -1.03. The molecule has 5 heteroatoms. The summed E-state index contributed by atoms with van der Waals surface area (Å²) in [5.74, 6) is 5.94. The molecule has 3 nitrogen and oxygen atoms in total. The highest BCUT2D eigenvalue weighted by Crippen LogP contribution is 2.56. The van der Waals surface area contributed by atoms with Crippen molar-refractivity contribution in [2.24, 2.45) is 0 Å². The van der Waals surface area contributed by atoms with Gasteiger partial charge >= 0.3 is 0 Å². The van der Waals surface area contributed by atoms with Crippen molar-refractivity contribution in [3.05, 3.63) is 142 Å². The predicted molar refractivity (Wildman–Crippen MR) is 285 cm³/mol. The van der Waals surface area contributed by atoms with Crippen LogP contribution in [0.3, 0.4) is 0 Å². The lowest BCUT2D eigenvalue weighted by molar-refractivity contribution is 0.424. The third-order valence-corrected chi connectivity index (χ3v) is 19.2. The van der Waals surface area contributed by atoms with E-state index in [9.17, 15) is 0 Å². The van der Waals surface area contributed by atoms with E-state index in [2.05, 4.69) is 152 Å². The third kappa shape index (κ3) is 9.65. The Morgan fingerprint density at radius 3 is 1.02 bits per heavy atom. The molecule has 0 aliphatic carbocycles. The Bertz CT molecular complexity index is 2430. The Balaban J connectivity index is 1.23. The number of ether oxygens (including phenoxy) is 3. The number of rotatable bonds is 18. The van der Waals surface area contributed by atoms with Crippen LogP contribution in [0.15, 0.2) is 97.1 Å². The monoisotopic (exact) mass is 914 g/mol. The molecule has 0 fully saturated rings. The topological polar surface area (TPSA) is 27.7 Å². The van der Waals surface area contributed by atoms with E-state index in [1.54, 1.807) is 0 Å². The average molecular weight is 915 g/mol. The highest BCUT2D eigenvalue weighted by molar-refractivity contribution is 7.81. The van der Waals surface area contributed by atoms with Gasteiger partial charge in [-0.3, -0.25) is 0 Å². The van der Waals surface area contributed by atoms with E-state index in [4.69, 9.17) is 14.2 Å². The van der Waals surface area contributed by atoms with Crippen LogP contribution < -0.4 is 46.0 Å². The van der Waals surface area contributed by atoms with Crippen LogP contribution in [0, 0.1) is 27.7 Å². The highest BCUT2D eigenvalue weighted by atomic mass is 31.1. The van der Waals surface area contributed by atoms with Crippen molar-refractivity contribution in [2.45, 2.75) is 164 Å². The largest absolute Gasteiger partial charge is 0.456 e. The summed E-state index contributed by atoms with van der Waals surface area (Å²) in [5.41, 5.74) is 10.2. The Hall–Kier alpha value is -4.42. The number of hydrogen-bond acceptors (Lipinski definition) is 3. The molecule has 3 aliphatic rings. The molecule has 344 valence electrons. The molecular weight excluding hydrogens is 843 g/mol. The van der Waals surface area contributed by atoms with E-state index in [0.29, 0.717) is 0 Å². The fraction of sp³-hybridized carbons (Fsp3) is 0.410. The number of fused-ring (bicyclic) bond motifs is 6. The zero-order valence-corrected chi connectivity index (χ0v) is 43.0. The minimum absolute atomic E-state index is 0.322. The van der Waals surface area contributed by atoms with Gasteiger partial charge in [-0.15, -0.1) is 0 Å². The summed E-state index contributed by atoms with van der Waals surface area (Å²) in [7, 11) is -2.05. The van der Waals surface area contributed by atoms with Crippen LogP contribution in [0.5, 0.6) is 34.5 Å². The first-order chi connectivity index (χ1) is 32.0. The minimum Gasteiger partial charge on any atom is -0.456 e. The molecule has 0 aromatic heterocycles. The molecule has 0 spiro atoms. The third-order valence-electron chi connectivity index (χ3n) is 14.3. The normalized spacial score (nSPS) is 14.5. The molecule has 9 rings (SSSR count). The lowest BCUT2D eigenvalue weighted by Crippen LogP contribution is -2.35. The van der Waals surface area contributed by atoms with Gasteiger partial charge in [-0.1, -0.05) is 163 Å². The van der Waals surface area contributed by atoms with Gasteiger partial charge in [-0.2, -0.15) is 0 Å². The molecule has 3 aliphatic heterocycles. The first-order valence-electron chi connectivity index (χ1n) is 25.4. The van der Waals surface area contributed by atoms with Gasteiger partial charge in [0.1, 0.15) is 34.5 Å². The quantitative estimate of drug-likeness (QED) is 0.0634. The van der Waals surface area contributed by atoms with Gasteiger partial charge in [0.2, 0.25) is 0 Å². The smallest absolute Gasteiger partial charge is 0.139 e. The van der Waals surface area contributed by atoms with E-state index >= 15 is 0 Å². The highest BCUT2D eigenvalue weighted by Gasteiger charge is 2.43. The summed E-state index contributed by atoms with van der Waals surface area (Å²) in [6, 6.07) is 37.3. The molecular formula is C61H72O3P2. The summed E-state index contributed by atoms with van der Waals surface area (Å²) < 4.78 is 21.4. The van der Waals surface area contributed by atoms with E-state index in [0.717, 1.165) is 47.3 Å². The van der Waals surface area contributed by atoms with Crippen molar-refractivity contribution in [1.82, 2.24) is 0 Å². The van der Waals surface area contributed by atoms with Gasteiger partial charge in [0.15, 0.2) is 0 Å². The molecule has 66 heavy (non-hydrogen) atoms. The number of unbranched alkanes of at least 4 members (excludes halogenated alkanes) is 12. The average Bonchev–Trinajstić information content (AvgIpc) is 3.30. The summed E-state index contributed by atoms with van der Waals surface area (Å²) in [6.07, 6.45) is 20.3. The number of hydrogen-bond donors (Lipinski definition) is 0. The number of aryl methyl sites for hydroxylation is 6. The van der Waals surface area contributed by atoms with Crippen molar-refractivity contribution in [3.63, 3.8) is 0 Å². The van der Waals surface area contributed by atoms with Crippen molar-refractivity contribution < 1.29 is 14.2 Å². The van der Waals surface area contributed by atoms with Crippen LogP contribution in [0.25, 0.3) is 0 Å². The zero-order valence-electron chi connectivity index (χ0n) is 41.2. The van der Waals surface area contributed by atoms with Gasteiger partial charge in [-0.05, 0) is 141 Å². The molecule has 0 atom stereocenters. The molecule has 0 amide bonds. The predicted octanol–water partition coefficient (Wildman–Crippen LogP) is 15.7. The van der Waals surface area contributed by atoms with Crippen molar-refractivity contribution >= 4 is 47.7 Å². The molecule has 0 saturated carbocycles. The molecule has 6 aromatic carbocycles. The van der Waals surface area contributed by atoms with Gasteiger partial charge < -0.3 is 14.2 Å². The first kappa shape index (κ1) is 46.7. The van der Waals surface area contributed by atoms with Crippen molar-refractivity contribution in [1.29, 1.82) is 0 Å². The summed E-state index contributed by atoms with van der Waals surface area (Å²) in [5, 5.41) is 7.73. The van der Waals surface area contributed by atoms with Gasteiger partial charge in [-0.25, -0.2) is 0 Å². The number of benzene rings is 6. The second-order valence-corrected chi connectivity index (χ2v) is 24.4. The van der Waals surface area contributed by atoms with E-state index < -0.39 is 15.8 Å². The van der Waals surface area contributed by atoms with Crippen LogP contribution in [-0.4, -0.2) is 0 Å². The fourth-order valence-electron chi connectivity index (χ4n) is 10.5. The van der Waals surface area contributed by atoms with E-state index in [1.165, 1.54) is 166 Å². The summed E-state index contributed by atoms with van der Waals surface area (Å²) in [6.45, 7) is 18.4. The molecule has 0 radical (unpaired) electrons. The van der Waals surface area contributed by atoms with Crippen LogP contribution >= 0.6 is 15.8 Å². The van der Waals surface area contributed by atoms with Gasteiger partial charge in [0, 0.05) is 48.4 Å². The molecule has 0 bridgehead atoms. The van der Waals surface area contributed by atoms with Crippen LogP contribution in [0.1, 0.15) is 162 Å². The van der Waals surface area contributed by atoms with E-state index in [-0.39, 0.29) is 5.41 Å². The van der Waals surface area contributed by atoms with Crippen molar-refractivity contribution in [3.8, 4) is 34.5 Å². The molecule has 3 heterocycles. The van der Waals surface area contributed by atoms with Crippen LogP contribution in [-0.2, 0) is 18.3 Å². The molecule has 6 aromatic rings.